The van der Waals surface area contributed by atoms with Gasteiger partial charge in [-0.15, -0.1) is 0 Å². The van der Waals surface area contributed by atoms with Gasteiger partial charge in [0.2, 0.25) is 0 Å². The highest BCUT2D eigenvalue weighted by Crippen LogP contribution is 2.15. The van der Waals surface area contributed by atoms with Crippen LogP contribution in [0.25, 0.3) is 0 Å². The molecule has 0 saturated heterocycles. The second-order valence-corrected chi connectivity index (χ2v) is 5.61. The van der Waals surface area contributed by atoms with E-state index in [1.165, 1.54) is 0 Å². The van der Waals surface area contributed by atoms with E-state index < -0.39 is 0 Å². The number of nitrogens with zero attached hydrogens (tertiary/aromatic N) is 1. The molecule has 0 aromatic heterocycles. The Morgan fingerprint density at radius 2 is 1.44 bits per heavy atom. The van der Waals surface area contributed by atoms with Crippen LogP contribution in [0.4, 0.5) is 5.69 Å². The number of anilines is 1. The topological polar surface area (TPSA) is 59.6 Å². The van der Waals surface area contributed by atoms with Gasteiger partial charge in [0.15, 0.2) is 5.96 Å². The lowest BCUT2D eigenvalue weighted by Gasteiger charge is -2.07. The van der Waals surface area contributed by atoms with Crippen molar-refractivity contribution in [3.63, 3.8) is 0 Å². The Bertz CT molecular complexity index is 800. The summed E-state index contributed by atoms with van der Waals surface area (Å²) in [7, 11) is 0. The zero-order valence-corrected chi connectivity index (χ0v) is 13.9. The van der Waals surface area contributed by atoms with Crippen molar-refractivity contribution in [2.75, 3.05) is 5.32 Å². The predicted octanol–water partition coefficient (Wildman–Crippen LogP) is 4.19. The molecule has 4 nitrogen and oxygen atoms in total. The molecule has 4 heteroatoms. The minimum Gasteiger partial charge on any atom is -0.489 e. The zero-order chi connectivity index (χ0) is 17.3. The van der Waals surface area contributed by atoms with E-state index in [1.807, 2.05) is 84.9 Å². The van der Waals surface area contributed by atoms with Crippen molar-refractivity contribution >= 4 is 11.6 Å². The summed E-state index contributed by atoms with van der Waals surface area (Å²) in [4.78, 5) is 4.36. The highest BCUT2D eigenvalue weighted by Gasteiger charge is 1.98. The summed E-state index contributed by atoms with van der Waals surface area (Å²) in [5.41, 5.74) is 9.06. The van der Waals surface area contributed by atoms with Gasteiger partial charge in [-0.05, 0) is 35.4 Å². The molecule has 0 spiro atoms. The average molecular weight is 331 g/mol. The van der Waals surface area contributed by atoms with Crippen molar-refractivity contribution < 1.29 is 4.74 Å². The fraction of sp³-hybridized carbons (Fsp3) is 0.0952. The third kappa shape index (κ3) is 5.39. The predicted molar refractivity (Wildman–Crippen MR) is 103 cm³/mol. The van der Waals surface area contributed by atoms with Gasteiger partial charge in [-0.25, -0.2) is 4.99 Å². The number of para-hydroxylation sites is 1. The number of hydrogen-bond acceptors (Lipinski definition) is 2. The van der Waals surface area contributed by atoms with Crippen LogP contribution in [-0.2, 0) is 13.2 Å². The van der Waals surface area contributed by atoms with E-state index in [2.05, 4.69) is 10.3 Å². The van der Waals surface area contributed by atoms with Crippen LogP contribution >= 0.6 is 0 Å². The van der Waals surface area contributed by atoms with Gasteiger partial charge in [0, 0.05) is 5.69 Å². The smallest absolute Gasteiger partial charge is 0.193 e. The Kier molecular flexibility index (Phi) is 5.67. The number of benzene rings is 3. The monoisotopic (exact) mass is 331 g/mol. The molecule has 3 N–H and O–H groups in total. The molecule has 0 unspecified atom stereocenters. The molecule has 3 aromatic carbocycles. The van der Waals surface area contributed by atoms with Crippen LogP contribution in [0.3, 0.4) is 0 Å². The Hall–Kier alpha value is -3.27. The number of hydrogen-bond donors (Lipinski definition) is 2. The van der Waals surface area contributed by atoms with Crippen LogP contribution in [0.1, 0.15) is 11.1 Å². The van der Waals surface area contributed by atoms with Crippen molar-refractivity contribution in [3.8, 4) is 5.75 Å². The molecule has 0 aliphatic rings. The Morgan fingerprint density at radius 1 is 0.800 bits per heavy atom. The lowest BCUT2D eigenvalue weighted by Crippen LogP contribution is -2.22. The van der Waals surface area contributed by atoms with E-state index in [0.29, 0.717) is 19.1 Å². The van der Waals surface area contributed by atoms with Gasteiger partial charge in [-0.3, -0.25) is 0 Å². The summed E-state index contributed by atoms with van der Waals surface area (Å²) in [6.45, 7) is 1.08. The third-order valence-corrected chi connectivity index (χ3v) is 3.65. The Morgan fingerprint density at radius 3 is 2.12 bits per heavy atom. The zero-order valence-electron chi connectivity index (χ0n) is 13.9. The highest BCUT2D eigenvalue weighted by molar-refractivity contribution is 5.92. The minimum absolute atomic E-state index is 0.399. The molecule has 0 atom stereocenters. The van der Waals surface area contributed by atoms with Gasteiger partial charge >= 0.3 is 0 Å². The van der Waals surface area contributed by atoms with E-state index in [9.17, 15) is 0 Å². The maximum absolute atomic E-state index is 5.91. The quantitative estimate of drug-likeness (QED) is 0.526. The molecule has 126 valence electrons. The molecular weight excluding hydrogens is 310 g/mol. The molecule has 0 aliphatic carbocycles. The molecule has 3 rings (SSSR count). The summed E-state index contributed by atoms with van der Waals surface area (Å²) in [5, 5.41) is 3.07. The SMILES string of the molecule is NC(=NCc1ccc(OCc2ccccc2)cc1)Nc1ccccc1. The highest BCUT2D eigenvalue weighted by atomic mass is 16.5. The van der Waals surface area contributed by atoms with Crippen molar-refractivity contribution in [3.05, 3.63) is 96.1 Å². The maximum Gasteiger partial charge on any atom is 0.193 e. The number of nitrogens with two attached hydrogens (primary N) is 1. The Balaban J connectivity index is 1.51. The van der Waals surface area contributed by atoms with Crippen LogP contribution in [0, 0.1) is 0 Å². The number of guanidine groups is 1. The molecule has 0 saturated carbocycles. The first-order chi connectivity index (χ1) is 12.3. The van der Waals surface area contributed by atoms with E-state index in [-0.39, 0.29) is 0 Å². The molecule has 3 aromatic rings. The molecule has 0 fully saturated rings. The number of nitrogens with one attached hydrogen (secondary N) is 1. The number of ether oxygens (including phenoxy) is 1. The number of aliphatic imine (C=N–C) groups is 1. The largest absolute Gasteiger partial charge is 0.489 e. The Labute approximate surface area is 148 Å². The molecule has 25 heavy (non-hydrogen) atoms. The van der Waals surface area contributed by atoms with Crippen LogP contribution in [-0.4, -0.2) is 5.96 Å². The fourth-order valence-electron chi connectivity index (χ4n) is 2.32. The lowest BCUT2D eigenvalue weighted by molar-refractivity contribution is 0.306. The molecule has 0 bridgehead atoms. The van der Waals surface area contributed by atoms with Gasteiger partial charge in [0.25, 0.3) is 0 Å². The number of rotatable bonds is 6. The van der Waals surface area contributed by atoms with Gasteiger partial charge < -0.3 is 15.8 Å². The van der Waals surface area contributed by atoms with E-state index in [0.717, 1.165) is 22.6 Å². The lowest BCUT2D eigenvalue weighted by atomic mass is 10.2. The van der Waals surface area contributed by atoms with Gasteiger partial charge in [-0.1, -0.05) is 60.7 Å². The first kappa shape index (κ1) is 16.6. The summed E-state index contributed by atoms with van der Waals surface area (Å²) >= 11 is 0. The van der Waals surface area contributed by atoms with Gasteiger partial charge in [-0.2, -0.15) is 0 Å². The summed E-state index contributed by atoms with van der Waals surface area (Å²) in [6.07, 6.45) is 0. The van der Waals surface area contributed by atoms with E-state index in [1.54, 1.807) is 0 Å². The summed E-state index contributed by atoms with van der Waals surface area (Å²) < 4.78 is 5.78. The van der Waals surface area contributed by atoms with E-state index in [4.69, 9.17) is 10.5 Å². The van der Waals surface area contributed by atoms with Crippen molar-refractivity contribution in [2.45, 2.75) is 13.2 Å². The van der Waals surface area contributed by atoms with Crippen LogP contribution in [0.5, 0.6) is 5.75 Å². The average Bonchev–Trinajstić information content (AvgIpc) is 2.67. The minimum atomic E-state index is 0.399. The normalized spacial score (nSPS) is 11.1. The van der Waals surface area contributed by atoms with Gasteiger partial charge in [0.1, 0.15) is 12.4 Å². The first-order valence-corrected chi connectivity index (χ1v) is 8.17. The molecule has 0 aliphatic heterocycles. The van der Waals surface area contributed by atoms with E-state index >= 15 is 0 Å². The fourth-order valence-corrected chi connectivity index (χ4v) is 2.32. The van der Waals surface area contributed by atoms with Crippen molar-refractivity contribution in [2.24, 2.45) is 10.7 Å². The second-order valence-electron chi connectivity index (χ2n) is 5.61. The first-order valence-electron chi connectivity index (χ1n) is 8.17. The summed E-state index contributed by atoms with van der Waals surface area (Å²) in [6, 6.07) is 27.8. The third-order valence-electron chi connectivity index (χ3n) is 3.65. The standard InChI is InChI=1S/C21H21N3O/c22-21(24-19-9-5-2-6-10-19)23-15-17-11-13-20(14-12-17)25-16-18-7-3-1-4-8-18/h1-14H,15-16H2,(H3,22,23,24). The summed E-state index contributed by atoms with van der Waals surface area (Å²) in [5.74, 6) is 1.24. The van der Waals surface area contributed by atoms with Crippen molar-refractivity contribution in [1.82, 2.24) is 0 Å². The van der Waals surface area contributed by atoms with Crippen molar-refractivity contribution in [1.29, 1.82) is 0 Å². The molecule has 0 heterocycles. The van der Waals surface area contributed by atoms with Crippen LogP contribution in [0.2, 0.25) is 0 Å². The van der Waals surface area contributed by atoms with Crippen LogP contribution in [0.15, 0.2) is 89.9 Å². The van der Waals surface area contributed by atoms with Crippen LogP contribution < -0.4 is 15.8 Å². The van der Waals surface area contributed by atoms with Gasteiger partial charge in [0.05, 0.1) is 6.54 Å². The maximum atomic E-state index is 5.91. The molecule has 0 radical (unpaired) electrons. The second kappa shape index (κ2) is 8.55. The molecule has 0 amide bonds. The molecular formula is C21H21N3O.